The molecule has 0 aromatic heterocycles. The van der Waals surface area contributed by atoms with E-state index in [0.29, 0.717) is 4.16 Å². The summed E-state index contributed by atoms with van der Waals surface area (Å²) in [5.74, 6) is 0. The molecule has 1 aliphatic heterocycles. The zero-order valence-electron chi connectivity index (χ0n) is 7.05. The Kier molecular flexibility index (Phi) is 2.49. The second kappa shape index (κ2) is 3.31. The van der Waals surface area contributed by atoms with E-state index in [1.54, 1.807) is 7.11 Å². The Morgan fingerprint density at radius 2 is 2.42 bits per heavy atom. The molecule has 0 aromatic carbocycles. The molecule has 2 nitrogen and oxygen atoms in total. The summed E-state index contributed by atoms with van der Waals surface area (Å²) in [7, 11) is 1.80. The first-order valence-corrected chi connectivity index (χ1v) is 5.97. The minimum absolute atomic E-state index is 0.00713. The van der Waals surface area contributed by atoms with Crippen molar-refractivity contribution in [3.05, 3.63) is 0 Å². The molecule has 1 saturated carbocycles. The van der Waals surface area contributed by atoms with Gasteiger partial charge in [0.25, 0.3) is 0 Å². The number of halogens is 1. The highest BCUT2D eigenvalue weighted by molar-refractivity contribution is 9.11. The third kappa shape index (κ3) is 1.34. The lowest BCUT2D eigenvalue weighted by molar-refractivity contribution is -0.00969. The summed E-state index contributed by atoms with van der Waals surface area (Å²) in [6.45, 7) is 0.894. The zero-order chi connectivity index (χ0) is 8.60. The number of alkyl halides is 1. The fourth-order valence-electron chi connectivity index (χ4n) is 1.61. The molecular formula is C8H12BrNOS. The zero-order valence-corrected chi connectivity index (χ0v) is 9.45. The average Bonchev–Trinajstić information content (AvgIpc) is 2.35. The second-order valence-corrected chi connectivity index (χ2v) is 6.13. The molecule has 0 aromatic rings. The highest BCUT2D eigenvalue weighted by Gasteiger charge is 2.44. The summed E-state index contributed by atoms with van der Waals surface area (Å²) < 4.78 is 6.01. The molecule has 0 bridgehead atoms. The monoisotopic (exact) mass is 249 g/mol. The van der Waals surface area contributed by atoms with Crippen LogP contribution in [0.5, 0.6) is 0 Å². The standard InChI is InChI=1S/C8H12BrNOS/c1-11-8(3-2-4-8)7-10-5-6(9)12-7/h6H,2-5H2,1H3. The van der Waals surface area contributed by atoms with E-state index in [1.807, 2.05) is 11.8 Å². The van der Waals surface area contributed by atoms with Crippen LogP contribution < -0.4 is 0 Å². The van der Waals surface area contributed by atoms with Gasteiger partial charge >= 0.3 is 0 Å². The van der Waals surface area contributed by atoms with Crippen LogP contribution in [0.4, 0.5) is 0 Å². The van der Waals surface area contributed by atoms with E-state index in [0.717, 1.165) is 19.4 Å². The van der Waals surface area contributed by atoms with Crippen LogP contribution in [-0.4, -0.2) is 28.5 Å². The number of hydrogen-bond donors (Lipinski definition) is 0. The van der Waals surface area contributed by atoms with Gasteiger partial charge in [-0.15, -0.1) is 0 Å². The van der Waals surface area contributed by atoms with Gasteiger partial charge in [-0.1, -0.05) is 27.7 Å². The summed E-state index contributed by atoms with van der Waals surface area (Å²) in [5, 5.41) is 1.21. The van der Waals surface area contributed by atoms with E-state index < -0.39 is 0 Å². The summed E-state index contributed by atoms with van der Waals surface area (Å²) in [6, 6.07) is 0. The Morgan fingerprint density at radius 3 is 2.75 bits per heavy atom. The molecule has 2 rings (SSSR count). The fraction of sp³-hybridized carbons (Fsp3) is 0.875. The summed E-state index contributed by atoms with van der Waals surface area (Å²) in [5.41, 5.74) is 0.00713. The molecule has 4 heteroatoms. The van der Waals surface area contributed by atoms with Gasteiger partial charge < -0.3 is 4.74 Å². The molecule has 0 amide bonds. The number of hydrogen-bond acceptors (Lipinski definition) is 3. The maximum absolute atomic E-state index is 5.53. The quantitative estimate of drug-likeness (QED) is 0.702. The van der Waals surface area contributed by atoms with Crippen LogP contribution in [0.1, 0.15) is 19.3 Å². The predicted molar refractivity (Wildman–Crippen MR) is 56.2 cm³/mol. The highest BCUT2D eigenvalue weighted by Crippen LogP contribution is 2.43. The Morgan fingerprint density at radius 1 is 1.67 bits per heavy atom. The molecule has 68 valence electrons. The number of ether oxygens (including phenoxy) is 1. The minimum Gasteiger partial charge on any atom is -0.371 e. The predicted octanol–water partition coefficient (Wildman–Crippen LogP) is 2.42. The van der Waals surface area contributed by atoms with Crippen molar-refractivity contribution in [3.8, 4) is 0 Å². The van der Waals surface area contributed by atoms with E-state index in [-0.39, 0.29) is 5.60 Å². The first-order valence-electron chi connectivity index (χ1n) is 4.18. The first kappa shape index (κ1) is 9.03. The van der Waals surface area contributed by atoms with Crippen LogP contribution in [0, 0.1) is 0 Å². The molecule has 0 radical (unpaired) electrons. The first-order chi connectivity index (χ1) is 5.77. The molecule has 1 unspecified atom stereocenters. The van der Waals surface area contributed by atoms with E-state index in [9.17, 15) is 0 Å². The third-order valence-corrected chi connectivity index (χ3v) is 4.54. The Balaban J connectivity index is 2.07. The minimum atomic E-state index is 0.00713. The second-order valence-electron chi connectivity index (χ2n) is 3.23. The van der Waals surface area contributed by atoms with Crippen LogP contribution in [-0.2, 0) is 4.74 Å². The van der Waals surface area contributed by atoms with Gasteiger partial charge in [-0.3, -0.25) is 4.99 Å². The molecule has 1 aliphatic carbocycles. The topological polar surface area (TPSA) is 21.6 Å². The highest BCUT2D eigenvalue weighted by atomic mass is 79.9. The van der Waals surface area contributed by atoms with Crippen molar-refractivity contribution in [2.75, 3.05) is 13.7 Å². The SMILES string of the molecule is COC1(C2=NCC(Br)S2)CCC1. The number of thioether (sulfide) groups is 1. The van der Waals surface area contributed by atoms with Gasteiger partial charge in [-0.2, -0.15) is 0 Å². The van der Waals surface area contributed by atoms with Crippen molar-refractivity contribution >= 4 is 32.7 Å². The normalized spacial score (nSPS) is 32.8. The number of methoxy groups -OCH3 is 1. The van der Waals surface area contributed by atoms with E-state index >= 15 is 0 Å². The molecule has 1 heterocycles. The lowest BCUT2D eigenvalue weighted by atomic mass is 9.81. The maximum atomic E-state index is 5.53. The number of aliphatic imine (C=N–C) groups is 1. The van der Waals surface area contributed by atoms with Crippen LogP contribution in [0.2, 0.25) is 0 Å². The van der Waals surface area contributed by atoms with Crippen molar-refractivity contribution in [2.24, 2.45) is 4.99 Å². The summed E-state index contributed by atoms with van der Waals surface area (Å²) in [6.07, 6.45) is 3.57. The van der Waals surface area contributed by atoms with Gasteiger partial charge in [0.05, 0.1) is 10.7 Å². The molecule has 0 saturated heterocycles. The molecular weight excluding hydrogens is 238 g/mol. The number of nitrogens with zero attached hydrogens (tertiary/aromatic N) is 1. The van der Waals surface area contributed by atoms with Crippen LogP contribution in [0.15, 0.2) is 4.99 Å². The summed E-state index contributed by atoms with van der Waals surface area (Å²) >= 11 is 5.36. The third-order valence-electron chi connectivity index (χ3n) is 2.56. The van der Waals surface area contributed by atoms with Gasteiger partial charge in [0, 0.05) is 7.11 Å². The fourth-order valence-corrected chi connectivity index (χ4v) is 3.32. The Bertz CT molecular complexity index is 210. The van der Waals surface area contributed by atoms with Crippen LogP contribution in [0.3, 0.4) is 0 Å². The molecule has 0 N–H and O–H groups in total. The van der Waals surface area contributed by atoms with Crippen molar-refractivity contribution in [1.29, 1.82) is 0 Å². The lowest BCUT2D eigenvalue weighted by Gasteiger charge is -2.40. The molecule has 1 atom stereocenters. The van der Waals surface area contributed by atoms with Crippen molar-refractivity contribution in [1.82, 2.24) is 0 Å². The van der Waals surface area contributed by atoms with Crippen molar-refractivity contribution < 1.29 is 4.74 Å². The van der Waals surface area contributed by atoms with Crippen molar-refractivity contribution in [3.63, 3.8) is 0 Å². The van der Waals surface area contributed by atoms with Crippen LogP contribution >= 0.6 is 27.7 Å². The van der Waals surface area contributed by atoms with Gasteiger partial charge in [0.1, 0.15) is 10.6 Å². The molecule has 2 aliphatic rings. The van der Waals surface area contributed by atoms with E-state index in [4.69, 9.17) is 4.74 Å². The average molecular weight is 250 g/mol. The van der Waals surface area contributed by atoms with Gasteiger partial charge in [0.15, 0.2) is 0 Å². The maximum Gasteiger partial charge on any atom is 0.115 e. The van der Waals surface area contributed by atoms with Gasteiger partial charge in [-0.05, 0) is 19.3 Å². The Labute approximate surface area is 85.3 Å². The van der Waals surface area contributed by atoms with Gasteiger partial charge in [0.2, 0.25) is 0 Å². The largest absolute Gasteiger partial charge is 0.371 e. The van der Waals surface area contributed by atoms with Crippen molar-refractivity contribution in [2.45, 2.75) is 29.0 Å². The van der Waals surface area contributed by atoms with Crippen LogP contribution in [0.25, 0.3) is 0 Å². The number of rotatable bonds is 2. The Hall–Kier alpha value is 0.460. The van der Waals surface area contributed by atoms with Gasteiger partial charge in [-0.25, -0.2) is 0 Å². The van der Waals surface area contributed by atoms with E-state index in [2.05, 4.69) is 20.9 Å². The summed E-state index contributed by atoms with van der Waals surface area (Å²) in [4.78, 5) is 4.49. The van der Waals surface area contributed by atoms with E-state index in [1.165, 1.54) is 11.5 Å². The molecule has 12 heavy (non-hydrogen) atoms. The lowest BCUT2D eigenvalue weighted by Crippen LogP contribution is -2.45. The molecule has 1 fully saturated rings. The smallest absolute Gasteiger partial charge is 0.115 e. The molecule has 0 spiro atoms.